The van der Waals surface area contributed by atoms with E-state index in [1.807, 2.05) is 18.2 Å². The van der Waals surface area contributed by atoms with Crippen molar-refractivity contribution >= 4 is 38.1 Å². The Morgan fingerprint density at radius 1 is 1.17 bits per heavy atom. The summed E-state index contributed by atoms with van der Waals surface area (Å²) < 4.78 is 27.8. The van der Waals surface area contributed by atoms with Crippen LogP contribution in [0.5, 0.6) is 0 Å². The number of anilines is 2. The quantitative estimate of drug-likeness (QED) is 0.628. The average molecular weight is 443 g/mol. The highest BCUT2D eigenvalue weighted by molar-refractivity contribution is 7.92. The highest BCUT2D eigenvalue weighted by Gasteiger charge is 2.31. The van der Waals surface area contributed by atoms with Crippen molar-refractivity contribution in [3.8, 4) is 0 Å². The van der Waals surface area contributed by atoms with Gasteiger partial charge in [-0.05, 0) is 42.2 Å². The number of nitrogens with zero attached hydrogens (tertiary/aromatic N) is 3. The third kappa shape index (κ3) is 4.08. The van der Waals surface area contributed by atoms with E-state index in [1.54, 1.807) is 18.2 Å². The molecule has 0 fully saturated rings. The first-order chi connectivity index (χ1) is 14.3. The van der Waals surface area contributed by atoms with E-state index < -0.39 is 15.9 Å². The lowest BCUT2D eigenvalue weighted by atomic mass is 10.1. The summed E-state index contributed by atoms with van der Waals surface area (Å²) in [5, 5.41) is 12.1. The van der Waals surface area contributed by atoms with Crippen LogP contribution in [0.15, 0.2) is 53.4 Å². The predicted octanol–water partition coefficient (Wildman–Crippen LogP) is 3.74. The third-order valence-corrected chi connectivity index (χ3v) is 7.47. The van der Waals surface area contributed by atoms with E-state index in [1.165, 1.54) is 27.8 Å². The van der Waals surface area contributed by atoms with Gasteiger partial charge in [0.15, 0.2) is 0 Å². The summed E-state index contributed by atoms with van der Waals surface area (Å²) in [5.74, 6) is 0.0280. The van der Waals surface area contributed by atoms with E-state index in [2.05, 4.69) is 29.4 Å². The molecule has 0 saturated carbocycles. The van der Waals surface area contributed by atoms with Crippen molar-refractivity contribution in [3.05, 3.63) is 64.7 Å². The number of carbonyl (C=O) groups is 1. The Morgan fingerprint density at radius 3 is 2.77 bits per heavy atom. The van der Waals surface area contributed by atoms with Crippen LogP contribution in [0.25, 0.3) is 0 Å². The molecular weight excluding hydrogens is 420 g/mol. The SMILES string of the molecule is CC(C)Cc1nnc(NC(=O)c2cccc(S(=O)(=O)N3CCc4ccccc43)c2)s1. The smallest absolute Gasteiger partial charge is 0.264 e. The molecule has 0 unspecified atom stereocenters. The normalized spacial score (nSPS) is 13.5. The number of hydrogen-bond donors (Lipinski definition) is 1. The lowest BCUT2D eigenvalue weighted by molar-refractivity contribution is 0.102. The molecule has 0 radical (unpaired) electrons. The summed E-state index contributed by atoms with van der Waals surface area (Å²) in [6, 6.07) is 13.5. The number of carbonyl (C=O) groups excluding carboxylic acids is 1. The van der Waals surface area contributed by atoms with E-state index >= 15 is 0 Å². The van der Waals surface area contributed by atoms with Crippen LogP contribution in [0.1, 0.15) is 34.8 Å². The number of nitrogens with one attached hydrogen (secondary N) is 1. The first-order valence-electron chi connectivity index (χ1n) is 9.69. The second-order valence-corrected chi connectivity index (χ2v) is 10.5. The van der Waals surface area contributed by atoms with Crippen molar-refractivity contribution in [3.63, 3.8) is 0 Å². The Balaban J connectivity index is 1.55. The molecule has 0 saturated heterocycles. The molecule has 0 atom stereocenters. The Hall–Kier alpha value is -2.78. The van der Waals surface area contributed by atoms with E-state index in [4.69, 9.17) is 0 Å². The van der Waals surface area contributed by atoms with E-state index in [-0.39, 0.29) is 10.5 Å². The minimum atomic E-state index is -3.76. The van der Waals surface area contributed by atoms with E-state index in [9.17, 15) is 13.2 Å². The molecule has 9 heteroatoms. The van der Waals surface area contributed by atoms with Crippen molar-refractivity contribution < 1.29 is 13.2 Å². The van der Waals surface area contributed by atoms with Crippen LogP contribution in [-0.4, -0.2) is 31.1 Å². The molecule has 7 nitrogen and oxygen atoms in total. The fourth-order valence-electron chi connectivity index (χ4n) is 3.39. The molecule has 1 aromatic heterocycles. The number of sulfonamides is 1. The van der Waals surface area contributed by atoms with Crippen LogP contribution in [0.3, 0.4) is 0 Å². The molecule has 1 aliphatic heterocycles. The molecular formula is C21H22N4O3S2. The zero-order valence-electron chi connectivity index (χ0n) is 16.7. The van der Waals surface area contributed by atoms with Crippen molar-refractivity contribution in [2.45, 2.75) is 31.6 Å². The van der Waals surface area contributed by atoms with Gasteiger partial charge in [0.25, 0.3) is 15.9 Å². The molecule has 30 heavy (non-hydrogen) atoms. The van der Waals surface area contributed by atoms with Gasteiger partial charge in [-0.2, -0.15) is 0 Å². The minimum absolute atomic E-state index is 0.0876. The van der Waals surface area contributed by atoms with Crippen LogP contribution in [0.4, 0.5) is 10.8 Å². The molecule has 1 N–H and O–H groups in total. The fraction of sp³-hybridized carbons (Fsp3) is 0.286. The first-order valence-corrected chi connectivity index (χ1v) is 11.9. The van der Waals surface area contributed by atoms with Crippen molar-refractivity contribution in [1.29, 1.82) is 0 Å². The number of aromatic nitrogens is 2. The average Bonchev–Trinajstić information content (AvgIpc) is 3.34. The maximum Gasteiger partial charge on any atom is 0.264 e. The van der Waals surface area contributed by atoms with Crippen molar-refractivity contribution in [1.82, 2.24) is 10.2 Å². The lowest BCUT2D eigenvalue weighted by Gasteiger charge is -2.19. The topological polar surface area (TPSA) is 92.3 Å². The minimum Gasteiger partial charge on any atom is -0.296 e. The summed E-state index contributed by atoms with van der Waals surface area (Å²) in [4.78, 5) is 12.8. The summed E-state index contributed by atoms with van der Waals surface area (Å²) in [7, 11) is -3.76. The number of amides is 1. The van der Waals surface area contributed by atoms with Gasteiger partial charge >= 0.3 is 0 Å². The number of hydrogen-bond acceptors (Lipinski definition) is 6. The first kappa shape index (κ1) is 20.5. The van der Waals surface area contributed by atoms with Gasteiger partial charge in [0.1, 0.15) is 5.01 Å². The van der Waals surface area contributed by atoms with Crippen molar-refractivity contribution in [2.24, 2.45) is 5.92 Å². The highest BCUT2D eigenvalue weighted by Crippen LogP contribution is 2.32. The van der Waals surface area contributed by atoms with Gasteiger partial charge in [0.05, 0.1) is 10.6 Å². The van der Waals surface area contributed by atoms with E-state index in [0.29, 0.717) is 29.7 Å². The molecule has 2 aromatic carbocycles. The maximum atomic E-state index is 13.2. The second-order valence-electron chi connectivity index (χ2n) is 7.54. The van der Waals surface area contributed by atoms with Gasteiger partial charge in [-0.25, -0.2) is 8.42 Å². The van der Waals surface area contributed by atoms with Gasteiger partial charge < -0.3 is 0 Å². The van der Waals surface area contributed by atoms with Crippen LogP contribution in [-0.2, 0) is 22.9 Å². The van der Waals surface area contributed by atoms with Crippen molar-refractivity contribution in [2.75, 3.05) is 16.2 Å². The third-order valence-electron chi connectivity index (χ3n) is 4.80. The summed E-state index contributed by atoms with van der Waals surface area (Å²) in [5.41, 5.74) is 1.95. The maximum absolute atomic E-state index is 13.2. The van der Waals surface area contributed by atoms with Crippen LogP contribution in [0, 0.1) is 5.92 Å². The summed E-state index contributed by atoms with van der Waals surface area (Å²) in [6.45, 7) is 4.57. The molecule has 0 aliphatic carbocycles. The Kier molecular flexibility index (Phi) is 5.57. The van der Waals surface area contributed by atoms with Gasteiger partial charge in [-0.3, -0.25) is 14.4 Å². The number of benzene rings is 2. The number of fused-ring (bicyclic) bond motifs is 1. The van der Waals surface area contributed by atoms with Crippen LogP contribution < -0.4 is 9.62 Å². The summed E-state index contributed by atoms with van der Waals surface area (Å²) >= 11 is 1.33. The van der Waals surface area contributed by atoms with E-state index in [0.717, 1.165) is 17.0 Å². The lowest BCUT2D eigenvalue weighted by Crippen LogP contribution is -2.29. The Bertz CT molecular complexity index is 1190. The molecule has 0 spiro atoms. The molecule has 156 valence electrons. The number of rotatable bonds is 6. The van der Waals surface area contributed by atoms with Gasteiger partial charge in [0.2, 0.25) is 5.13 Å². The van der Waals surface area contributed by atoms with Crippen LogP contribution in [0.2, 0.25) is 0 Å². The molecule has 4 rings (SSSR count). The zero-order chi connectivity index (χ0) is 21.3. The number of para-hydroxylation sites is 1. The monoisotopic (exact) mass is 442 g/mol. The largest absolute Gasteiger partial charge is 0.296 e. The zero-order valence-corrected chi connectivity index (χ0v) is 18.3. The standard InChI is InChI=1S/C21H22N4O3S2/c1-14(2)12-19-23-24-21(29-19)22-20(26)16-7-5-8-17(13-16)30(27,28)25-11-10-15-6-3-4-9-18(15)25/h3-9,13-14H,10-12H2,1-2H3,(H,22,24,26). The summed E-state index contributed by atoms with van der Waals surface area (Å²) in [6.07, 6.45) is 1.46. The molecule has 2 heterocycles. The van der Waals surface area contributed by atoms with Gasteiger partial charge in [-0.15, -0.1) is 10.2 Å². The highest BCUT2D eigenvalue weighted by atomic mass is 32.2. The van der Waals surface area contributed by atoms with Crippen LogP contribution >= 0.6 is 11.3 Å². The molecule has 1 aliphatic rings. The molecule has 0 bridgehead atoms. The molecule has 1 amide bonds. The van der Waals surface area contributed by atoms with Gasteiger partial charge in [-0.1, -0.05) is 49.4 Å². The Labute approximate surface area is 179 Å². The van der Waals surface area contributed by atoms with Gasteiger partial charge in [0, 0.05) is 18.5 Å². The Morgan fingerprint density at radius 2 is 1.97 bits per heavy atom. The molecule has 3 aromatic rings. The second kappa shape index (κ2) is 8.16. The predicted molar refractivity (Wildman–Crippen MR) is 118 cm³/mol. The fourth-order valence-corrected chi connectivity index (χ4v) is 5.88.